The zero-order chi connectivity index (χ0) is 18.1. The van der Waals surface area contributed by atoms with E-state index in [2.05, 4.69) is 21.7 Å². The van der Waals surface area contributed by atoms with E-state index in [1.165, 1.54) is 5.56 Å². The standard InChI is InChI=1S/C18H25N5O2/c1-2-4-16(17(24)21-10-8-19)22-18(25)23-11-6-14(7-12-23)15-5-3-9-20-13-15/h3,5,9,13-14,16H,2,4,6-7,10-12H2,1H3,(H,21,24)(H,22,25). The summed E-state index contributed by atoms with van der Waals surface area (Å²) in [4.78, 5) is 30.4. The number of hydrogen-bond donors (Lipinski definition) is 2. The molecule has 2 rings (SSSR count). The van der Waals surface area contributed by atoms with Crippen molar-refractivity contribution in [3.8, 4) is 6.07 Å². The van der Waals surface area contributed by atoms with Gasteiger partial charge in [-0.2, -0.15) is 5.26 Å². The van der Waals surface area contributed by atoms with Crippen molar-refractivity contribution in [2.75, 3.05) is 19.6 Å². The van der Waals surface area contributed by atoms with Gasteiger partial charge in [0.15, 0.2) is 0 Å². The lowest BCUT2D eigenvalue weighted by molar-refractivity contribution is -0.122. The molecule has 1 fully saturated rings. The number of nitrogens with one attached hydrogen (secondary N) is 2. The van der Waals surface area contributed by atoms with Crippen LogP contribution >= 0.6 is 0 Å². The van der Waals surface area contributed by atoms with Crippen molar-refractivity contribution in [1.82, 2.24) is 20.5 Å². The molecule has 7 heteroatoms. The Kier molecular flexibility index (Phi) is 7.20. The van der Waals surface area contributed by atoms with Gasteiger partial charge in [-0.15, -0.1) is 0 Å². The van der Waals surface area contributed by atoms with Gasteiger partial charge >= 0.3 is 6.03 Å². The van der Waals surface area contributed by atoms with Crippen molar-refractivity contribution in [1.29, 1.82) is 5.26 Å². The van der Waals surface area contributed by atoms with Crippen LogP contribution in [0.3, 0.4) is 0 Å². The van der Waals surface area contributed by atoms with Crippen LogP contribution in [0.1, 0.15) is 44.1 Å². The van der Waals surface area contributed by atoms with Gasteiger partial charge in [-0.05, 0) is 36.8 Å². The second-order valence-corrected chi connectivity index (χ2v) is 6.21. The SMILES string of the molecule is CCCC(NC(=O)N1CCC(c2cccnc2)CC1)C(=O)NCC#N. The lowest BCUT2D eigenvalue weighted by atomic mass is 9.91. The molecule has 0 saturated carbocycles. The van der Waals surface area contributed by atoms with Crippen LogP contribution in [0.4, 0.5) is 4.79 Å². The van der Waals surface area contributed by atoms with Gasteiger partial charge in [-0.3, -0.25) is 9.78 Å². The molecule has 2 N–H and O–H groups in total. The van der Waals surface area contributed by atoms with Gasteiger partial charge in [0.05, 0.1) is 6.07 Å². The minimum atomic E-state index is -0.595. The van der Waals surface area contributed by atoms with Crippen molar-refractivity contribution in [3.63, 3.8) is 0 Å². The number of aromatic nitrogens is 1. The Balaban J connectivity index is 1.86. The summed E-state index contributed by atoms with van der Waals surface area (Å²) in [7, 11) is 0. The maximum atomic E-state index is 12.5. The first kappa shape index (κ1) is 18.7. The van der Waals surface area contributed by atoms with Crippen molar-refractivity contribution >= 4 is 11.9 Å². The fourth-order valence-electron chi connectivity index (χ4n) is 3.08. The normalized spacial score (nSPS) is 15.9. The van der Waals surface area contributed by atoms with Crippen molar-refractivity contribution in [3.05, 3.63) is 30.1 Å². The number of rotatable bonds is 6. The number of nitriles is 1. The molecule has 1 saturated heterocycles. The molecule has 1 aliphatic rings. The Hall–Kier alpha value is -2.62. The van der Waals surface area contributed by atoms with E-state index in [4.69, 9.17) is 5.26 Å². The molecular weight excluding hydrogens is 318 g/mol. The smallest absolute Gasteiger partial charge is 0.318 e. The van der Waals surface area contributed by atoms with Gasteiger partial charge in [-0.1, -0.05) is 19.4 Å². The highest BCUT2D eigenvalue weighted by atomic mass is 16.2. The number of likely N-dealkylation sites (tertiary alicyclic amines) is 1. The molecule has 7 nitrogen and oxygen atoms in total. The zero-order valence-corrected chi connectivity index (χ0v) is 14.6. The maximum absolute atomic E-state index is 12.5. The molecule has 0 aliphatic carbocycles. The average Bonchev–Trinajstić information content (AvgIpc) is 2.66. The first-order valence-corrected chi connectivity index (χ1v) is 8.75. The summed E-state index contributed by atoms with van der Waals surface area (Å²) < 4.78 is 0. The number of hydrogen-bond acceptors (Lipinski definition) is 4. The summed E-state index contributed by atoms with van der Waals surface area (Å²) in [5, 5.41) is 13.9. The number of piperidine rings is 1. The molecule has 1 aromatic heterocycles. The van der Waals surface area contributed by atoms with Crippen LogP contribution in [0.25, 0.3) is 0 Å². The van der Waals surface area contributed by atoms with Crippen LogP contribution in [-0.4, -0.2) is 47.5 Å². The molecule has 1 atom stereocenters. The third-order valence-corrected chi connectivity index (χ3v) is 4.47. The third-order valence-electron chi connectivity index (χ3n) is 4.47. The summed E-state index contributed by atoms with van der Waals surface area (Å²) >= 11 is 0. The molecule has 0 spiro atoms. The Morgan fingerprint density at radius 1 is 1.44 bits per heavy atom. The Labute approximate surface area is 148 Å². The predicted octanol–water partition coefficient (Wildman–Crippen LogP) is 1.78. The second kappa shape index (κ2) is 9.62. The van der Waals surface area contributed by atoms with Crippen LogP contribution in [-0.2, 0) is 4.79 Å². The topological polar surface area (TPSA) is 98.1 Å². The van der Waals surface area contributed by atoms with Gasteiger partial charge in [0.25, 0.3) is 0 Å². The quantitative estimate of drug-likeness (QED) is 0.769. The molecule has 1 unspecified atom stereocenters. The van der Waals surface area contributed by atoms with E-state index < -0.39 is 6.04 Å². The summed E-state index contributed by atoms with van der Waals surface area (Å²) in [5.74, 6) is 0.116. The van der Waals surface area contributed by atoms with Crippen LogP contribution in [0.5, 0.6) is 0 Å². The minimum absolute atomic E-state index is 0.0502. The first-order valence-electron chi connectivity index (χ1n) is 8.75. The monoisotopic (exact) mass is 343 g/mol. The lowest BCUT2D eigenvalue weighted by Gasteiger charge is -2.33. The van der Waals surface area contributed by atoms with E-state index in [1.54, 1.807) is 11.1 Å². The first-order chi connectivity index (χ1) is 12.2. The molecule has 25 heavy (non-hydrogen) atoms. The number of carbonyl (C=O) groups is 2. The second-order valence-electron chi connectivity index (χ2n) is 6.21. The minimum Gasteiger partial charge on any atom is -0.341 e. The Morgan fingerprint density at radius 3 is 2.80 bits per heavy atom. The van der Waals surface area contributed by atoms with Gasteiger partial charge in [0.2, 0.25) is 5.91 Å². The van der Waals surface area contributed by atoms with E-state index >= 15 is 0 Å². The summed E-state index contributed by atoms with van der Waals surface area (Å²) in [6.07, 6.45) is 6.74. The number of nitrogens with zero attached hydrogens (tertiary/aromatic N) is 3. The van der Waals surface area contributed by atoms with Crippen molar-refractivity contribution < 1.29 is 9.59 Å². The molecule has 0 bridgehead atoms. The Morgan fingerprint density at radius 2 is 2.20 bits per heavy atom. The molecule has 0 aromatic carbocycles. The number of pyridine rings is 1. The highest BCUT2D eigenvalue weighted by Gasteiger charge is 2.27. The van der Waals surface area contributed by atoms with Gasteiger partial charge in [0, 0.05) is 25.5 Å². The molecular formula is C18H25N5O2. The average molecular weight is 343 g/mol. The van der Waals surface area contributed by atoms with Crippen molar-refractivity contribution in [2.45, 2.75) is 44.6 Å². The predicted molar refractivity (Wildman–Crippen MR) is 93.6 cm³/mol. The van der Waals surface area contributed by atoms with E-state index in [0.717, 1.165) is 19.3 Å². The number of carbonyl (C=O) groups excluding carboxylic acids is 2. The van der Waals surface area contributed by atoms with E-state index in [9.17, 15) is 9.59 Å². The molecule has 134 valence electrons. The maximum Gasteiger partial charge on any atom is 0.318 e. The molecule has 0 radical (unpaired) electrons. The largest absolute Gasteiger partial charge is 0.341 e. The molecule has 1 aliphatic heterocycles. The zero-order valence-electron chi connectivity index (χ0n) is 14.6. The van der Waals surface area contributed by atoms with Crippen LogP contribution < -0.4 is 10.6 Å². The van der Waals surface area contributed by atoms with Gasteiger partial charge < -0.3 is 15.5 Å². The van der Waals surface area contributed by atoms with Crippen LogP contribution in [0.2, 0.25) is 0 Å². The summed E-state index contributed by atoms with van der Waals surface area (Å²) in [6.45, 7) is 3.22. The summed E-state index contributed by atoms with van der Waals surface area (Å²) in [5.41, 5.74) is 1.21. The highest BCUT2D eigenvalue weighted by molar-refractivity contribution is 5.87. The van der Waals surface area contributed by atoms with Crippen LogP contribution in [0, 0.1) is 11.3 Å². The molecule has 3 amide bonds. The third kappa shape index (κ3) is 5.45. The fourth-order valence-corrected chi connectivity index (χ4v) is 3.08. The Bertz CT molecular complexity index is 606. The fraction of sp³-hybridized carbons (Fsp3) is 0.556. The van der Waals surface area contributed by atoms with E-state index in [1.807, 2.05) is 25.3 Å². The number of amides is 3. The lowest BCUT2D eigenvalue weighted by Crippen LogP contribution is -2.52. The van der Waals surface area contributed by atoms with E-state index in [0.29, 0.717) is 25.4 Å². The van der Waals surface area contributed by atoms with Gasteiger partial charge in [0.1, 0.15) is 12.6 Å². The highest BCUT2D eigenvalue weighted by Crippen LogP contribution is 2.27. The van der Waals surface area contributed by atoms with Crippen LogP contribution in [0.15, 0.2) is 24.5 Å². The molecule has 1 aromatic rings. The van der Waals surface area contributed by atoms with E-state index in [-0.39, 0.29) is 18.5 Å². The summed E-state index contributed by atoms with van der Waals surface area (Å²) in [6, 6.07) is 5.07. The van der Waals surface area contributed by atoms with Crippen molar-refractivity contribution in [2.24, 2.45) is 0 Å². The molecule has 2 heterocycles. The number of urea groups is 1. The van der Waals surface area contributed by atoms with Gasteiger partial charge in [-0.25, -0.2) is 4.79 Å².